The van der Waals surface area contributed by atoms with Crippen LogP contribution < -0.4 is 9.62 Å². The van der Waals surface area contributed by atoms with Gasteiger partial charge in [-0.3, -0.25) is 9.36 Å². The number of rotatable bonds is 9. The highest BCUT2D eigenvalue weighted by molar-refractivity contribution is 7.89. The zero-order valence-corrected chi connectivity index (χ0v) is 25.1. The number of carbonyl (C=O) groups excluding carboxylic acids is 1. The standard InChI is InChI=1S/C27H30F2N8O4S2/c1-41-27(7-8-27)24(38)36-11-9-35(10-12-36)22-20(29)18(43(39,40)34-26(15-30)5-6-26)13-17-21(22)31-23(16-3-2-4-16)37(17)25-33-32-19(14-28)42-25/h13,16,34H,2-12,14H2,1H3. The topological polar surface area (TPSA) is 146 Å². The summed E-state index contributed by atoms with van der Waals surface area (Å²) in [5, 5.41) is 18.1. The lowest BCUT2D eigenvalue weighted by Gasteiger charge is -2.37. The van der Waals surface area contributed by atoms with Gasteiger partial charge in [0.25, 0.3) is 5.91 Å². The number of methoxy groups -OCH3 is 1. The number of anilines is 1. The minimum atomic E-state index is -4.48. The number of nitrogens with zero attached hydrogens (tertiary/aromatic N) is 7. The molecular weight excluding hydrogens is 602 g/mol. The van der Waals surface area contributed by atoms with Gasteiger partial charge >= 0.3 is 0 Å². The fourth-order valence-corrected chi connectivity index (χ4v) is 8.08. The van der Waals surface area contributed by atoms with Gasteiger partial charge in [-0.05, 0) is 44.6 Å². The van der Waals surface area contributed by atoms with E-state index in [-0.39, 0.29) is 41.1 Å². The Hall–Kier alpha value is -3.26. The van der Waals surface area contributed by atoms with Crippen LogP contribution >= 0.6 is 11.3 Å². The van der Waals surface area contributed by atoms with Crippen LogP contribution in [0, 0.1) is 17.1 Å². The third kappa shape index (κ3) is 4.68. The third-order valence-electron chi connectivity index (χ3n) is 9.04. The van der Waals surface area contributed by atoms with Crippen molar-refractivity contribution in [1.82, 2.24) is 29.4 Å². The summed E-state index contributed by atoms with van der Waals surface area (Å²) in [6, 6.07) is 3.22. The van der Waals surface area contributed by atoms with E-state index in [2.05, 4.69) is 14.9 Å². The van der Waals surface area contributed by atoms with E-state index >= 15 is 4.39 Å². The maximum atomic E-state index is 16.6. The van der Waals surface area contributed by atoms with Crippen molar-refractivity contribution in [1.29, 1.82) is 5.26 Å². The van der Waals surface area contributed by atoms with Crippen molar-refractivity contribution in [3.63, 3.8) is 0 Å². The molecule has 1 amide bonds. The highest BCUT2D eigenvalue weighted by Crippen LogP contribution is 2.44. The van der Waals surface area contributed by atoms with Crippen LogP contribution in [0.5, 0.6) is 0 Å². The second-order valence-corrected chi connectivity index (χ2v) is 14.4. The van der Waals surface area contributed by atoms with E-state index in [4.69, 9.17) is 9.72 Å². The summed E-state index contributed by atoms with van der Waals surface area (Å²) in [6.45, 7) is 0.268. The summed E-state index contributed by atoms with van der Waals surface area (Å²) in [6.07, 6.45) is 4.65. The number of piperazine rings is 1. The molecule has 4 aliphatic rings. The van der Waals surface area contributed by atoms with Gasteiger partial charge in [0.15, 0.2) is 5.82 Å². The van der Waals surface area contributed by atoms with Gasteiger partial charge in [0.05, 0.1) is 11.6 Å². The zero-order chi connectivity index (χ0) is 30.1. The summed E-state index contributed by atoms with van der Waals surface area (Å²) in [7, 11) is -2.96. The fraction of sp³-hybridized carbons (Fsp3) is 0.593. The first-order chi connectivity index (χ1) is 20.6. The van der Waals surface area contributed by atoms with E-state index in [9.17, 15) is 22.9 Å². The average Bonchev–Trinajstić information content (AvgIpc) is 3.85. The molecule has 0 spiro atoms. The Morgan fingerprint density at radius 2 is 1.93 bits per heavy atom. The second kappa shape index (κ2) is 10.1. The van der Waals surface area contributed by atoms with E-state index in [1.54, 1.807) is 14.4 Å². The monoisotopic (exact) mass is 632 g/mol. The number of carbonyl (C=O) groups is 1. The molecule has 3 saturated carbocycles. The number of sulfonamides is 1. The Bertz CT molecular complexity index is 1760. The molecule has 0 atom stereocenters. The molecule has 1 aliphatic heterocycles. The molecule has 1 saturated heterocycles. The second-order valence-electron chi connectivity index (χ2n) is 11.7. The van der Waals surface area contributed by atoms with Gasteiger partial charge in [-0.15, -0.1) is 10.2 Å². The smallest absolute Gasteiger partial charge is 0.254 e. The highest BCUT2D eigenvalue weighted by Gasteiger charge is 2.53. The van der Waals surface area contributed by atoms with E-state index in [0.717, 1.165) is 30.6 Å². The average molecular weight is 633 g/mol. The molecule has 7 rings (SSSR count). The van der Waals surface area contributed by atoms with Gasteiger partial charge in [0.2, 0.25) is 15.2 Å². The summed E-state index contributed by atoms with van der Waals surface area (Å²) < 4.78 is 66.9. The fourth-order valence-electron chi connectivity index (χ4n) is 5.90. The van der Waals surface area contributed by atoms with Crippen LogP contribution in [0.25, 0.3) is 16.2 Å². The summed E-state index contributed by atoms with van der Waals surface area (Å²) in [5.74, 6) is -0.448. The Kier molecular flexibility index (Phi) is 6.73. The van der Waals surface area contributed by atoms with Crippen molar-refractivity contribution >= 4 is 44.0 Å². The Balaban J connectivity index is 1.36. The van der Waals surface area contributed by atoms with Crippen LogP contribution in [0.1, 0.15) is 61.7 Å². The number of fused-ring (bicyclic) bond motifs is 1. The number of halogens is 2. The minimum Gasteiger partial charge on any atom is -0.368 e. The van der Waals surface area contributed by atoms with Crippen molar-refractivity contribution in [2.75, 3.05) is 38.2 Å². The predicted molar refractivity (Wildman–Crippen MR) is 152 cm³/mol. The van der Waals surface area contributed by atoms with Crippen molar-refractivity contribution in [3.05, 3.63) is 22.7 Å². The van der Waals surface area contributed by atoms with Crippen LogP contribution in [-0.2, 0) is 26.2 Å². The van der Waals surface area contributed by atoms with E-state index in [1.807, 2.05) is 6.07 Å². The molecule has 1 N–H and O–H groups in total. The molecule has 43 heavy (non-hydrogen) atoms. The zero-order valence-electron chi connectivity index (χ0n) is 23.5. The van der Waals surface area contributed by atoms with Crippen molar-refractivity contribution in [2.24, 2.45) is 0 Å². The number of nitriles is 1. The first-order valence-electron chi connectivity index (χ1n) is 14.3. The van der Waals surface area contributed by atoms with Gasteiger partial charge in [0.1, 0.15) is 44.7 Å². The molecule has 16 heteroatoms. The van der Waals surface area contributed by atoms with Crippen LogP contribution in [-0.4, -0.2) is 83.4 Å². The molecule has 1 aromatic carbocycles. The predicted octanol–water partition coefficient (Wildman–Crippen LogP) is 2.92. The van der Waals surface area contributed by atoms with Crippen molar-refractivity contribution < 1.29 is 26.7 Å². The molecule has 3 aromatic rings. The maximum absolute atomic E-state index is 16.6. The van der Waals surface area contributed by atoms with E-state index in [1.165, 1.54) is 13.2 Å². The minimum absolute atomic E-state index is 0.00853. The molecule has 3 heterocycles. The summed E-state index contributed by atoms with van der Waals surface area (Å²) in [4.78, 5) is 20.8. The number of amides is 1. The first-order valence-corrected chi connectivity index (χ1v) is 16.6. The Labute approximate surface area is 250 Å². The molecular formula is C27H30F2N8O4S2. The van der Waals surface area contributed by atoms with E-state index < -0.39 is 38.6 Å². The SMILES string of the molecule is COC1(C(=O)N2CCN(c3c(F)c(S(=O)(=O)NC4(C#N)CC4)cc4c3nc(C3CCC3)n4-c3nnc(CF)s3)CC2)CC1. The lowest BCUT2D eigenvalue weighted by atomic mass is 9.85. The first kappa shape index (κ1) is 28.5. The van der Waals surface area contributed by atoms with Crippen molar-refractivity contribution in [2.45, 2.75) is 73.6 Å². The van der Waals surface area contributed by atoms with E-state index in [0.29, 0.717) is 55.2 Å². The molecule has 0 unspecified atom stereocenters. The molecule has 12 nitrogen and oxygen atoms in total. The quantitative estimate of drug-likeness (QED) is 0.376. The van der Waals surface area contributed by atoms with Crippen molar-refractivity contribution in [3.8, 4) is 11.2 Å². The number of alkyl halides is 1. The largest absolute Gasteiger partial charge is 0.368 e. The number of aromatic nitrogens is 4. The molecule has 228 valence electrons. The van der Waals surface area contributed by atoms with Crippen LogP contribution in [0.4, 0.5) is 14.5 Å². The Morgan fingerprint density at radius 3 is 2.47 bits per heavy atom. The van der Waals surface area contributed by atoms with Gasteiger partial charge in [-0.1, -0.05) is 17.8 Å². The lowest BCUT2D eigenvalue weighted by Crippen LogP contribution is -2.52. The number of benzene rings is 1. The molecule has 4 fully saturated rings. The summed E-state index contributed by atoms with van der Waals surface area (Å²) >= 11 is 1.02. The maximum Gasteiger partial charge on any atom is 0.254 e. The Morgan fingerprint density at radius 1 is 1.21 bits per heavy atom. The number of nitrogens with one attached hydrogen (secondary N) is 1. The highest BCUT2D eigenvalue weighted by atomic mass is 32.2. The molecule has 0 radical (unpaired) electrons. The summed E-state index contributed by atoms with van der Waals surface area (Å²) in [5.41, 5.74) is -1.48. The number of imidazole rings is 1. The lowest BCUT2D eigenvalue weighted by molar-refractivity contribution is -0.144. The molecule has 3 aliphatic carbocycles. The van der Waals surface area contributed by atoms with Gasteiger partial charge in [-0.25, -0.2) is 22.2 Å². The number of hydrogen-bond donors (Lipinski definition) is 1. The van der Waals surface area contributed by atoms with Crippen LogP contribution in [0.2, 0.25) is 0 Å². The molecule has 0 bridgehead atoms. The van der Waals surface area contributed by atoms with Gasteiger partial charge < -0.3 is 14.5 Å². The van der Waals surface area contributed by atoms with Gasteiger partial charge in [0, 0.05) is 39.2 Å². The normalized spacial score (nSPS) is 21.1. The number of ether oxygens (including phenoxy) is 1. The number of hydrogen-bond acceptors (Lipinski definition) is 10. The molecule has 2 aromatic heterocycles. The third-order valence-corrected chi connectivity index (χ3v) is 11.4. The van der Waals surface area contributed by atoms with Crippen LogP contribution in [0.15, 0.2) is 11.0 Å². The van der Waals surface area contributed by atoms with Crippen LogP contribution in [0.3, 0.4) is 0 Å². The van der Waals surface area contributed by atoms with Gasteiger partial charge in [-0.2, -0.15) is 9.98 Å².